The van der Waals surface area contributed by atoms with Gasteiger partial charge in [0.1, 0.15) is 0 Å². The van der Waals surface area contributed by atoms with E-state index in [1.807, 2.05) is 42.6 Å². The number of likely N-dealkylation sites (N-methyl/N-ethyl adjacent to an activating group) is 1. The van der Waals surface area contributed by atoms with Gasteiger partial charge in [0.05, 0.1) is 13.1 Å². The van der Waals surface area contributed by atoms with E-state index in [4.69, 9.17) is 0 Å². The molecule has 0 bridgehead atoms. The van der Waals surface area contributed by atoms with Crippen LogP contribution in [0.4, 0.5) is 0 Å². The molecular weight excluding hydrogens is 304 g/mol. The van der Waals surface area contributed by atoms with Gasteiger partial charge in [0.15, 0.2) is 0 Å². The van der Waals surface area contributed by atoms with Crippen molar-refractivity contribution in [2.45, 2.75) is 18.9 Å². The summed E-state index contributed by atoms with van der Waals surface area (Å²) in [6, 6.07) is 11.9. The Kier molecular flexibility index (Phi) is 4.93. The fraction of sp³-hybridized carbons (Fsp3) is 0.389. The van der Waals surface area contributed by atoms with E-state index in [1.54, 1.807) is 27.7 Å². The Morgan fingerprint density at radius 1 is 1.29 bits per heavy atom. The number of nitrogens with zero attached hydrogens (tertiary/aromatic N) is 4. The lowest BCUT2D eigenvalue weighted by atomic mass is 9.99. The number of amides is 2. The number of benzene rings is 1. The molecule has 0 aliphatic carbocycles. The van der Waals surface area contributed by atoms with E-state index in [9.17, 15) is 9.59 Å². The van der Waals surface area contributed by atoms with E-state index in [0.29, 0.717) is 26.1 Å². The van der Waals surface area contributed by atoms with Gasteiger partial charge in [-0.25, -0.2) is 0 Å². The van der Waals surface area contributed by atoms with Crippen LogP contribution in [0.25, 0.3) is 0 Å². The number of aromatic nitrogens is 2. The zero-order valence-corrected chi connectivity index (χ0v) is 13.8. The predicted molar refractivity (Wildman–Crippen MR) is 90.2 cm³/mol. The van der Waals surface area contributed by atoms with Gasteiger partial charge in [0.2, 0.25) is 11.8 Å². The van der Waals surface area contributed by atoms with E-state index in [0.717, 1.165) is 5.56 Å². The van der Waals surface area contributed by atoms with Gasteiger partial charge < -0.3 is 9.80 Å². The summed E-state index contributed by atoms with van der Waals surface area (Å²) in [5, 5.41) is 4.12. The summed E-state index contributed by atoms with van der Waals surface area (Å²) in [5.74, 6) is 0.197. The Morgan fingerprint density at radius 2 is 2.08 bits per heavy atom. The highest BCUT2D eigenvalue weighted by Gasteiger charge is 2.32. The standard InChI is InChI=1S/C18H22N4O2/c1-20(10-11-22-9-5-8-19-22)18(24)14-21-13-16(12-17(21)23)15-6-3-2-4-7-15/h2-9,16H,10-14H2,1H3/t16-/m0/s1. The van der Waals surface area contributed by atoms with Crippen LogP contribution in [0, 0.1) is 0 Å². The maximum atomic E-state index is 12.3. The van der Waals surface area contributed by atoms with E-state index in [2.05, 4.69) is 5.10 Å². The average Bonchev–Trinajstić information content (AvgIpc) is 3.24. The highest BCUT2D eigenvalue weighted by Crippen LogP contribution is 2.27. The minimum absolute atomic E-state index is 0.0378. The summed E-state index contributed by atoms with van der Waals surface area (Å²) in [7, 11) is 1.76. The van der Waals surface area contributed by atoms with Gasteiger partial charge in [-0.15, -0.1) is 0 Å². The molecule has 1 fully saturated rings. The van der Waals surface area contributed by atoms with Gasteiger partial charge in [0, 0.05) is 44.9 Å². The molecule has 1 aliphatic heterocycles. The van der Waals surface area contributed by atoms with Crippen LogP contribution in [0.3, 0.4) is 0 Å². The molecule has 1 saturated heterocycles. The minimum Gasteiger partial charge on any atom is -0.342 e. The number of rotatable bonds is 6. The quantitative estimate of drug-likeness (QED) is 0.805. The Balaban J connectivity index is 1.51. The molecule has 0 N–H and O–H groups in total. The second-order valence-corrected chi connectivity index (χ2v) is 6.17. The lowest BCUT2D eigenvalue weighted by Crippen LogP contribution is -2.40. The van der Waals surface area contributed by atoms with Crippen molar-refractivity contribution in [3.8, 4) is 0 Å². The fourth-order valence-corrected chi connectivity index (χ4v) is 2.97. The third-order valence-electron chi connectivity index (χ3n) is 4.46. The molecule has 1 aromatic carbocycles. The molecule has 0 radical (unpaired) electrons. The molecule has 1 aromatic heterocycles. The molecule has 1 aliphatic rings. The van der Waals surface area contributed by atoms with Crippen molar-refractivity contribution < 1.29 is 9.59 Å². The molecule has 0 saturated carbocycles. The van der Waals surface area contributed by atoms with Gasteiger partial charge in [-0.3, -0.25) is 14.3 Å². The van der Waals surface area contributed by atoms with Crippen LogP contribution in [-0.4, -0.2) is 58.1 Å². The van der Waals surface area contributed by atoms with Crippen molar-refractivity contribution in [2.24, 2.45) is 0 Å². The average molecular weight is 326 g/mol. The first-order valence-corrected chi connectivity index (χ1v) is 8.17. The summed E-state index contributed by atoms with van der Waals surface area (Å²) in [5.41, 5.74) is 1.16. The van der Waals surface area contributed by atoms with Crippen LogP contribution in [0.15, 0.2) is 48.8 Å². The summed E-state index contributed by atoms with van der Waals surface area (Å²) >= 11 is 0. The molecule has 126 valence electrons. The number of likely N-dealkylation sites (tertiary alicyclic amines) is 1. The van der Waals surface area contributed by atoms with Gasteiger partial charge in [-0.05, 0) is 11.6 Å². The lowest BCUT2D eigenvalue weighted by Gasteiger charge is -2.22. The van der Waals surface area contributed by atoms with E-state index >= 15 is 0 Å². The molecular formula is C18H22N4O2. The molecule has 0 spiro atoms. The molecule has 6 nitrogen and oxygen atoms in total. The third kappa shape index (κ3) is 3.82. The third-order valence-corrected chi connectivity index (χ3v) is 4.46. The molecule has 0 unspecified atom stereocenters. The zero-order chi connectivity index (χ0) is 16.9. The smallest absolute Gasteiger partial charge is 0.241 e. The highest BCUT2D eigenvalue weighted by atomic mass is 16.2. The normalized spacial score (nSPS) is 17.3. The monoisotopic (exact) mass is 326 g/mol. The maximum absolute atomic E-state index is 12.3. The molecule has 2 aromatic rings. The van der Waals surface area contributed by atoms with Crippen LogP contribution >= 0.6 is 0 Å². The maximum Gasteiger partial charge on any atom is 0.241 e. The van der Waals surface area contributed by atoms with Gasteiger partial charge >= 0.3 is 0 Å². The number of carbonyl (C=O) groups excluding carboxylic acids is 2. The van der Waals surface area contributed by atoms with Crippen molar-refractivity contribution in [1.29, 1.82) is 0 Å². The predicted octanol–water partition coefficient (Wildman–Crippen LogP) is 1.36. The van der Waals surface area contributed by atoms with Crippen LogP contribution < -0.4 is 0 Å². The van der Waals surface area contributed by atoms with Crippen molar-refractivity contribution in [2.75, 3.05) is 26.7 Å². The lowest BCUT2D eigenvalue weighted by molar-refractivity contribution is -0.137. The molecule has 2 heterocycles. The second kappa shape index (κ2) is 7.29. The molecule has 6 heteroatoms. The Hall–Kier alpha value is -2.63. The van der Waals surface area contributed by atoms with Crippen molar-refractivity contribution in [1.82, 2.24) is 19.6 Å². The van der Waals surface area contributed by atoms with Crippen LogP contribution in [0.1, 0.15) is 17.9 Å². The van der Waals surface area contributed by atoms with Crippen LogP contribution in [0.5, 0.6) is 0 Å². The summed E-state index contributed by atoms with van der Waals surface area (Å²) < 4.78 is 1.79. The highest BCUT2D eigenvalue weighted by molar-refractivity contribution is 5.86. The summed E-state index contributed by atoms with van der Waals surface area (Å²) in [4.78, 5) is 27.9. The Labute approximate surface area is 141 Å². The zero-order valence-electron chi connectivity index (χ0n) is 13.8. The van der Waals surface area contributed by atoms with Crippen LogP contribution in [0.2, 0.25) is 0 Å². The first-order chi connectivity index (χ1) is 11.6. The number of hydrogen-bond acceptors (Lipinski definition) is 3. The Bertz CT molecular complexity index is 684. The largest absolute Gasteiger partial charge is 0.342 e. The number of hydrogen-bond donors (Lipinski definition) is 0. The summed E-state index contributed by atoms with van der Waals surface area (Å²) in [6.45, 7) is 1.99. The molecule has 3 rings (SSSR count). The molecule has 2 amide bonds. The van der Waals surface area contributed by atoms with E-state index < -0.39 is 0 Å². The number of carbonyl (C=O) groups is 2. The van der Waals surface area contributed by atoms with Crippen molar-refractivity contribution >= 4 is 11.8 Å². The first kappa shape index (κ1) is 16.2. The van der Waals surface area contributed by atoms with E-state index in [1.165, 1.54) is 0 Å². The van der Waals surface area contributed by atoms with Crippen molar-refractivity contribution in [3.05, 3.63) is 54.4 Å². The SMILES string of the molecule is CN(CCn1cccn1)C(=O)CN1C[C@@H](c2ccccc2)CC1=O. The fourth-order valence-electron chi connectivity index (χ4n) is 2.97. The minimum atomic E-state index is -0.0378. The first-order valence-electron chi connectivity index (χ1n) is 8.17. The van der Waals surface area contributed by atoms with Crippen molar-refractivity contribution in [3.63, 3.8) is 0 Å². The van der Waals surface area contributed by atoms with Gasteiger partial charge in [-0.1, -0.05) is 30.3 Å². The van der Waals surface area contributed by atoms with Gasteiger partial charge in [0.25, 0.3) is 0 Å². The summed E-state index contributed by atoms with van der Waals surface area (Å²) in [6.07, 6.45) is 4.06. The topological polar surface area (TPSA) is 58.4 Å². The van der Waals surface area contributed by atoms with Gasteiger partial charge in [-0.2, -0.15) is 5.10 Å². The second-order valence-electron chi connectivity index (χ2n) is 6.17. The van der Waals surface area contributed by atoms with Crippen LogP contribution in [-0.2, 0) is 16.1 Å². The van der Waals surface area contributed by atoms with E-state index in [-0.39, 0.29) is 24.3 Å². The molecule has 1 atom stereocenters. The molecule has 24 heavy (non-hydrogen) atoms. The Morgan fingerprint density at radius 3 is 2.79 bits per heavy atom.